The number of hydrogen-bond acceptors (Lipinski definition) is 3. The fraction of sp³-hybridized carbons (Fsp3) is 0.294. The summed E-state index contributed by atoms with van der Waals surface area (Å²) in [6.07, 6.45) is 2.09. The van der Waals surface area contributed by atoms with E-state index in [0.717, 1.165) is 5.75 Å². The molecule has 0 aliphatic rings. The quantitative estimate of drug-likeness (QED) is 0.808. The van der Waals surface area contributed by atoms with Crippen LogP contribution in [0.3, 0.4) is 0 Å². The molecule has 0 saturated heterocycles. The first-order chi connectivity index (χ1) is 9.80. The number of nitrogens with one attached hydrogen (secondary N) is 1. The summed E-state index contributed by atoms with van der Waals surface area (Å²) in [4.78, 5) is 1.28. The van der Waals surface area contributed by atoms with Crippen LogP contribution in [0.25, 0.3) is 0 Å². The minimum Gasteiger partial charge on any atom is -0.494 e. The van der Waals surface area contributed by atoms with Crippen LogP contribution in [0.1, 0.15) is 24.1 Å². The van der Waals surface area contributed by atoms with Gasteiger partial charge in [-0.25, -0.2) is 0 Å². The average molecular weight is 287 g/mol. The third-order valence-corrected chi connectivity index (χ3v) is 4.01. The molecule has 0 fully saturated rings. The van der Waals surface area contributed by atoms with Gasteiger partial charge in [0.05, 0.1) is 12.6 Å². The monoisotopic (exact) mass is 287 g/mol. The standard InChI is InChI=1S/C17H21NOS/c1-4-19-16-8-6-5-7-15(16)17(18-2)13-9-11-14(20-3)12-10-13/h5-12,17-18H,4H2,1-3H3. The summed E-state index contributed by atoms with van der Waals surface area (Å²) in [6, 6.07) is 17.0. The maximum atomic E-state index is 5.74. The number of ether oxygens (including phenoxy) is 1. The van der Waals surface area contributed by atoms with Gasteiger partial charge in [-0.3, -0.25) is 0 Å². The molecular formula is C17H21NOS. The summed E-state index contributed by atoms with van der Waals surface area (Å²) in [5, 5.41) is 3.38. The molecule has 1 N–H and O–H groups in total. The van der Waals surface area contributed by atoms with Crippen LogP contribution in [0.5, 0.6) is 5.75 Å². The molecule has 2 nitrogen and oxygen atoms in total. The molecule has 106 valence electrons. The van der Waals surface area contributed by atoms with Crippen molar-refractivity contribution in [2.24, 2.45) is 0 Å². The van der Waals surface area contributed by atoms with Crippen molar-refractivity contribution >= 4 is 11.8 Å². The molecule has 3 heteroatoms. The fourth-order valence-electron chi connectivity index (χ4n) is 2.30. The van der Waals surface area contributed by atoms with E-state index in [0.29, 0.717) is 6.61 Å². The Balaban J connectivity index is 2.35. The van der Waals surface area contributed by atoms with Crippen LogP contribution < -0.4 is 10.1 Å². The van der Waals surface area contributed by atoms with Crippen molar-refractivity contribution in [1.82, 2.24) is 5.32 Å². The molecule has 0 spiro atoms. The van der Waals surface area contributed by atoms with Gasteiger partial charge in [0.1, 0.15) is 5.75 Å². The van der Waals surface area contributed by atoms with E-state index >= 15 is 0 Å². The van der Waals surface area contributed by atoms with Gasteiger partial charge in [-0.2, -0.15) is 0 Å². The van der Waals surface area contributed by atoms with Gasteiger partial charge in [-0.05, 0) is 44.0 Å². The van der Waals surface area contributed by atoms with Gasteiger partial charge in [0.15, 0.2) is 0 Å². The van der Waals surface area contributed by atoms with E-state index < -0.39 is 0 Å². The second kappa shape index (κ2) is 7.36. The van der Waals surface area contributed by atoms with Gasteiger partial charge in [0.25, 0.3) is 0 Å². The van der Waals surface area contributed by atoms with Gasteiger partial charge in [0.2, 0.25) is 0 Å². The molecule has 1 unspecified atom stereocenters. The van der Waals surface area contributed by atoms with E-state index in [1.54, 1.807) is 11.8 Å². The molecule has 0 saturated carbocycles. The Hall–Kier alpha value is -1.45. The molecule has 1 atom stereocenters. The van der Waals surface area contributed by atoms with Gasteiger partial charge >= 0.3 is 0 Å². The third kappa shape index (κ3) is 3.35. The largest absolute Gasteiger partial charge is 0.494 e. The Bertz CT molecular complexity index is 539. The highest BCUT2D eigenvalue weighted by Crippen LogP contribution is 2.30. The van der Waals surface area contributed by atoms with Crippen LogP contribution >= 0.6 is 11.8 Å². The van der Waals surface area contributed by atoms with Crippen molar-refractivity contribution in [3.05, 3.63) is 59.7 Å². The molecule has 0 bridgehead atoms. The maximum Gasteiger partial charge on any atom is 0.124 e. The van der Waals surface area contributed by atoms with Crippen LogP contribution in [-0.4, -0.2) is 19.9 Å². The molecular weight excluding hydrogens is 266 g/mol. The Kier molecular flexibility index (Phi) is 5.50. The van der Waals surface area contributed by atoms with Crippen molar-refractivity contribution in [1.29, 1.82) is 0 Å². The Morgan fingerprint density at radius 2 is 1.80 bits per heavy atom. The highest BCUT2D eigenvalue weighted by molar-refractivity contribution is 7.98. The highest BCUT2D eigenvalue weighted by Gasteiger charge is 2.16. The second-order valence-corrected chi connectivity index (χ2v) is 5.35. The molecule has 0 aromatic heterocycles. The molecule has 2 aromatic carbocycles. The van der Waals surface area contributed by atoms with E-state index in [2.05, 4.69) is 48.0 Å². The van der Waals surface area contributed by atoms with Crippen LogP contribution in [0, 0.1) is 0 Å². The number of rotatable bonds is 6. The second-order valence-electron chi connectivity index (χ2n) is 4.47. The van der Waals surface area contributed by atoms with Crippen LogP contribution in [0.2, 0.25) is 0 Å². The smallest absolute Gasteiger partial charge is 0.124 e. The van der Waals surface area contributed by atoms with Crippen molar-refractivity contribution < 1.29 is 4.74 Å². The van der Waals surface area contributed by atoms with Crippen LogP contribution in [0.4, 0.5) is 0 Å². The SMILES string of the molecule is CCOc1ccccc1C(NC)c1ccc(SC)cc1. The maximum absolute atomic E-state index is 5.74. The first kappa shape index (κ1) is 14.9. The zero-order valence-electron chi connectivity index (χ0n) is 12.2. The lowest BCUT2D eigenvalue weighted by atomic mass is 9.98. The fourth-order valence-corrected chi connectivity index (χ4v) is 2.71. The molecule has 20 heavy (non-hydrogen) atoms. The van der Waals surface area contributed by atoms with Crippen LogP contribution in [-0.2, 0) is 0 Å². The third-order valence-electron chi connectivity index (χ3n) is 3.27. The van der Waals surface area contributed by atoms with Crippen molar-refractivity contribution in [3.63, 3.8) is 0 Å². The first-order valence-corrected chi connectivity index (χ1v) is 8.05. The van der Waals surface area contributed by atoms with Gasteiger partial charge in [0, 0.05) is 10.5 Å². The molecule has 2 aromatic rings. The first-order valence-electron chi connectivity index (χ1n) is 6.83. The van der Waals surface area contributed by atoms with Gasteiger partial charge in [-0.15, -0.1) is 11.8 Å². The van der Waals surface area contributed by atoms with Crippen molar-refractivity contribution in [3.8, 4) is 5.75 Å². The van der Waals surface area contributed by atoms with E-state index in [4.69, 9.17) is 4.74 Å². The summed E-state index contributed by atoms with van der Waals surface area (Å²) in [6.45, 7) is 2.69. The Morgan fingerprint density at radius 3 is 2.40 bits per heavy atom. The van der Waals surface area contributed by atoms with Crippen LogP contribution in [0.15, 0.2) is 53.4 Å². The number of para-hydroxylation sites is 1. The number of thioether (sulfide) groups is 1. The molecule has 0 aliphatic heterocycles. The average Bonchev–Trinajstić information content (AvgIpc) is 2.51. The number of benzene rings is 2. The summed E-state index contributed by atoms with van der Waals surface area (Å²) >= 11 is 1.76. The molecule has 2 rings (SSSR count). The van der Waals surface area contributed by atoms with Crippen molar-refractivity contribution in [2.45, 2.75) is 17.9 Å². The lowest BCUT2D eigenvalue weighted by Gasteiger charge is -2.20. The highest BCUT2D eigenvalue weighted by atomic mass is 32.2. The van der Waals surface area contributed by atoms with E-state index in [-0.39, 0.29) is 6.04 Å². The van der Waals surface area contributed by atoms with Crippen molar-refractivity contribution in [2.75, 3.05) is 19.9 Å². The Labute approximate surface area is 125 Å². The topological polar surface area (TPSA) is 21.3 Å². The number of hydrogen-bond donors (Lipinski definition) is 1. The minimum absolute atomic E-state index is 0.147. The summed E-state index contributed by atoms with van der Waals surface area (Å²) < 4.78 is 5.74. The summed E-state index contributed by atoms with van der Waals surface area (Å²) in [5.74, 6) is 0.947. The minimum atomic E-state index is 0.147. The van der Waals surface area contributed by atoms with E-state index in [1.165, 1.54) is 16.0 Å². The Morgan fingerprint density at radius 1 is 1.10 bits per heavy atom. The van der Waals surface area contributed by atoms with Gasteiger partial charge < -0.3 is 10.1 Å². The normalized spacial score (nSPS) is 12.2. The molecule has 0 aliphatic carbocycles. The molecule has 0 radical (unpaired) electrons. The van der Waals surface area contributed by atoms with E-state index in [1.807, 2.05) is 26.1 Å². The van der Waals surface area contributed by atoms with Gasteiger partial charge in [-0.1, -0.05) is 30.3 Å². The predicted molar refractivity (Wildman–Crippen MR) is 86.7 cm³/mol. The summed E-state index contributed by atoms with van der Waals surface area (Å²) in [5.41, 5.74) is 2.42. The van der Waals surface area contributed by atoms with E-state index in [9.17, 15) is 0 Å². The molecule has 0 amide bonds. The molecule has 0 heterocycles. The predicted octanol–water partition coefficient (Wildman–Crippen LogP) is 4.12. The zero-order valence-corrected chi connectivity index (χ0v) is 13.0. The lowest BCUT2D eigenvalue weighted by molar-refractivity contribution is 0.334. The summed E-state index contributed by atoms with van der Waals surface area (Å²) in [7, 11) is 1.98. The zero-order chi connectivity index (χ0) is 14.4. The lowest BCUT2D eigenvalue weighted by Crippen LogP contribution is -2.18.